The number of carbonyl (C=O) groups is 1. The highest BCUT2D eigenvalue weighted by molar-refractivity contribution is 7.92. The average molecular weight is 430 g/mol. The number of amides is 1. The molecule has 3 rings (SSSR count). The molecule has 0 aliphatic heterocycles. The number of methoxy groups -OCH3 is 2. The number of benzene rings is 1. The first-order valence-corrected chi connectivity index (χ1v) is 10.0. The summed E-state index contributed by atoms with van der Waals surface area (Å²) in [5.74, 6) is 0.273. The molecule has 2 N–H and O–H groups in total. The Bertz CT molecular complexity index is 1120. The summed E-state index contributed by atoms with van der Waals surface area (Å²) < 4.78 is 42.6. The van der Waals surface area contributed by atoms with Crippen LogP contribution in [0.3, 0.4) is 0 Å². The van der Waals surface area contributed by atoms with Crippen LogP contribution < -0.4 is 19.5 Å². The number of nitrogens with one attached hydrogen (secondary N) is 2. The van der Waals surface area contributed by atoms with Gasteiger partial charge >= 0.3 is 6.01 Å². The third kappa shape index (κ3) is 5.35. The van der Waals surface area contributed by atoms with Gasteiger partial charge in [-0.05, 0) is 42.5 Å². The Morgan fingerprint density at radius 1 is 1.10 bits per heavy atom. The maximum Gasteiger partial charge on any atom is 0.321 e. The fourth-order valence-corrected chi connectivity index (χ4v) is 3.29. The van der Waals surface area contributed by atoms with Crippen molar-refractivity contribution >= 4 is 33.5 Å². The van der Waals surface area contributed by atoms with Crippen LogP contribution in [0, 0.1) is 0 Å². The Morgan fingerprint density at radius 2 is 1.87 bits per heavy atom. The first kappa shape index (κ1) is 20.9. The van der Waals surface area contributed by atoms with Crippen molar-refractivity contribution in [1.82, 2.24) is 9.97 Å². The van der Waals surface area contributed by atoms with Crippen molar-refractivity contribution in [2.75, 3.05) is 24.3 Å². The van der Waals surface area contributed by atoms with Crippen molar-refractivity contribution in [3.63, 3.8) is 0 Å². The second-order valence-corrected chi connectivity index (χ2v) is 7.43. The molecule has 156 valence electrons. The number of anilines is 2. The SMILES string of the molecule is COc1cc(NS(=O)(=O)c2ccc(NC(=O)/C=C/c3ccco3)cc2)nc(OC)n1. The van der Waals surface area contributed by atoms with E-state index in [-0.39, 0.29) is 28.5 Å². The lowest BCUT2D eigenvalue weighted by atomic mass is 10.3. The molecule has 0 aliphatic carbocycles. The van der Waals surface area contributed by atoms with Gasteiger partial charge in [0, 0.05) is 17.8 Å². The van der Waals surface area contributed by atoms with Crippen molar-refractivity contribution in [2.24, 2.45) is 0 Å². The Morgan fingerprint density at radius 3 is 2.50 bits per heavy atom. The van der Waals surface area contributed by atoms with E-state index >= 15 is 0 Å². The minimum absolute atomic E-state index is 0.0147. The van der Waals surface area contributed by atoms with E-state index in [0.717, 1.165) is 0 Å². The molecule has 0 radical (unpaired) electrons. The van der Waals surface area contributed by atoms with Crippen LogP contribution in [-0.2, 0) is 14.8 Å². The van der Waals surface area contributed by atoms with E-state index in [1.165, 1.54) is 63.0 Å². The number of aromatic nitrogens is 2. The molecular weight excluding hydrogens is 412 g/mol. The molecule has 0 aliphatic rings. The molecule has 0 unspecified atom stereocenters. The molecule has 2 aromatic heterocycles. The van der Waals surface area contributed by atoms with Crippen molar-refractivity contribution < 1.29 is 27.1 Å². The zero-order valence-corrected chi connectivity index (χ0v) is 16.8. The smallest absolute Gasteiger partial charge is 0.321 e. The molecule has 11 heteroatoms. The topological polar surface area (TPSA) is 133 Å². The molecule has 3 aromatic rings. The van der Waals surface area contributed by atoms with E-state index < -0.39 is 10.0 Å². The summed E-state index contributed by atoms with van der Waals surface area (Å²) >= 11 is 0. The van der Waals surface area contributed by atoms with Gasteiger partial charge < -0.3 is 19.2 Å². The second-order valence-electron chi connectivity index (χ2n) is 5.75. The van der Waals surface area contributed by atoms with Gasteiger partial charge in [-0.2, -0.15) is 9.97 Å². The number of hydrogen-bond donors (Lipinski definition) is 2. The fourth-order valence-electron chi connectivity index (χ4n) is 2.29. The third-order valence-electron chi connectivity index (χ3n) is 3.69. The summed E-state index contributed by atoms with van der Waals surface area (Å²) in [5, 5.41) is 2.63. The minimum Gasteiger partial charge on any atom is -0.481 e. The van der Waals surface area contributed by atoms with Gasteiger partial charge in [-0.3, -0.25) is 9.52 Å². The van der Waals surface area contributed by atoms with Crippen LogP contribution in [0.2, 0.25) is 0 Å². The summed E-state index contributed by atoms with van der Waals surface area (Å²) in [6.45, 7) is 0. The molecule has 0 bridgehead atoms. The zero-order chi connectivity index (χ0) is 21.6. The highest BCUT2D eigenvalue weighted by atomic mass is 32.2. The number of rotatable bonds is 8. The van der Waals surface area contributed by atoms with E-state index in [0.29, 0.717) is 11.4 Å². The lowest BCUT2D eigenvalue weighted by Gasteiger charge is -2.10. The Balaban J connectivity index is 1.69. The van der Waals surface area contributed by atoms with Crippen LogP contribution in [0.15, 0.2) is 64.1 Å². The average Bonchev–Trinajstić information content (AvgIpc) is 3.25. The summed E-state index contributed by atoms with van der Waals surface area (Å²) in [4.78, 5) is 19.8. The second kappa shape index (κ2) is 9.09. The molecule has 1 aromatic carbocycles. The summed E-state index contributed by atoms with van der Waals surface area (Å²) in [5.41, 5.74) is 0.424. The Kier molecular flexibility index (Phi) is 6.32. The van der Waals surface area contributed by atoms with E-state index in [1.807, 2.05) is 0 Å². The fraction of sp³-hybridized carbons (Fsp3) is 0.105. The van der Waals surface area contributed by atoms with E-state index in [2.05, 4.69) is 20.0 Å². The maximum atomic E-state index is 12.6. The molecule has 30 heavy (non-hydrogen) atoms. The first-order chi connectivity index (χ1) is 14.4. The molecule has 0 atom stereocenters. The summed E-state index contributed by atoms with van der Waals surface area (Å²) in [6.07, 6.45) is 4.32. The maximum absolute atomic E-state index is 12.6. The lowest BCUT2D eigenvalue weighted by molar-refractivity contribution is -0.111. The standard InChI is InChI=1S/C19H18N4O6S/c1-27-18-12-16(21-19(22-18)28-2)23-30(25,26)15-8-5-13(6-9-15)20-17(24)10-7-14-4-3-11-29-14/h3-12H,1-2H3,(H,20,24)(H,21,22,23)/b10-7+. The highest BCUT2D eigenvalue weighted by Crippen LogP contribution is 2.21. The highest BCUT2D eigenvalue weighted by Gasteiger charge is 2.17. The van der Waals surface area contributed by atoms with Gasteiger partial charge in [-0.1, -0.05) is 0 Å². The molecule has 0 saturated carbocycles. The van der Waals surface area contributed by atoms with Crippen molar-refractivity contribution in [1.29, 1.82) is 0 Å². The van der Waals surface area contributed by atoms with E-state index in [4.69, 9.17) is 13.9 Å². The van der Waals surface area contributed by atoms with Crippen LogP contribution in [0.25, 0.3) is 6.08 Å². The number of furan rings is 1. The zero-order valence-electron chi connectivity index (χ0n) is 16.0. The van der Waals surface area contributed by atoms with E-state index in [1.54, 1.807) is 12.1 Å². The molecule has 0 saturated heterocycles. The largest absolute Gasteiger partial charge is 0.481 e. The normalized spacial score (nSPS) is 11.3. The van der Waals surface area contributed by atoms with Crippen LogP contribution in [0.4, 0.5) is 11.5 Å². The van der Waals surface area contributed by atoms with Gasteiger partial charge in [0.1, 0.15) is 5.76 Å². The minimum atomic E-state index is -3.94. The summed E-state index contributed by atoms with van der Waals surface area (Å²) in [7, 11) is -1.20. The molecular formula is C19H18N4O6S. The quantitative estimate of drug-likeness (QED) is 0.521. The first-order valence-electron chi connectivity index (χ1n) is 8.52. The van der Waals surface area contributed by atoms with Crippen LogP contribution >= 0.6 is 0 Å². The van der Waals surface area contributed by atoms with Gasteiger partial charge in [-0.25, -0.2) is 8.42 Å². The van der Waals surface area contributed by atoms with E-state index in [9.17, 15) is 13.2 Å². The van der Waals surface area contributed by atoms with Gasteiger partial charge in [0.2, 0.25) is 11.8 Å². The number of carbonyl (C=O) groups excluding carboxylic acids is 1. The predicted octanol–water partition coefficient (Wildman–Crippen LogP) is 2.54. The number of ether oxygens (including phenoxy) is 2. The van der Waals surface area contributed by atoms with Crippen LogP contribution in [0.1, 0.15) is 5.76 Å². The van der Waals surface area contributed by atoms with Crippen molar-refractivity contribution in [3.8, 4) is 11.9 Å². The number of hydrogen-bond acceptors (Lipinski definition) is 8. The van der Waals surface area contributed by atoms with Gasteiger partial charge in [0.15, 0.2) is 5.82 Å². The van der Waals surface area contributed by atoms with Gasteiger partial charge in [0.25, 0.3) is 10.0 Å². The lowest BCUT2D eigenvalue weighted by Crippen LogP contribution is -2.15. The van der Waals surface area contributed by atoms with Crippen LogP contribution in [-0.4, -0.2) is 38.5 Å². The summed E-state index contributed by atoms with van der Waals surface area (Å²) in [6, 6.07) is 10.3. The van der Waals surface area contributed by atoms with Crippen LogP contribution in [0.5, 0.6) is 11.9 Å². The van der Waals surface area contributed by atoms with Crippen molar-refractivity contribution in [3.05, 3.63) is 60.6 Å². The predicted molar refractivity (Wildman–Crippen MR) is 109 cm³/mol. The molecule has 1 amide bonds. The molecule has 0 spiro atoms. The Labute approximate surface area is 172 Å². The molecule has 10 nitrogen and oxygen atoms in total. The monoisotopic (exact) mass is 430 g/mol. The Hall–Kier alpha value is -3.86. The van der Waals surface area contributed by atoms with Crippen molar-refractivity contribution in [2.45, 2.75) is 4.90 Å². The molecule has 2 heterocycles. The third-order valence-corrected chi connectivity index (χ3v) is 5.06. The molecule has 0 fully saturated rings. The number of nitrogens with zero attached hydrogens (tertiary/aromatic N) is 2. The van der Waals surface area contributed by atoms with Gasteiger partial charge in [-0.15, -0.1) is 0 Å². The number of sulfonamides is 1. The van der Waals surface area contributed by atoms with Gasteiger partial charge in [0.05, 0.1) is 25.4 Å².